The number of hydrogen-bond acceptors (Lipinski definition) is 4. The highest BCUT2D eigenvalue weighted by atomic mass is 32.2. The van der Waals surface area contributed by atoms with Crippen LogP contribution in [0.3, 0.4) is 0 Å². The lowest BCUT2D eigenvalue weighted by molar-refractivity contribution is -0.115. The van der Waals surface area contributed by atoms with Crippen molar-refractivity contribution in [2.75, 3.05) is 5.32 Å². The smallest absolute Gasteiger partial charge is 0.325 e. The van der Waals surface area contributed by atoms with Gasteiger partial charge < -0.3 is 5.32 Å². The Balaban J connectivity index is 1.68. The van der Waals surface area contributed by atoms with Crippen LogP contribution in [0.2, 0.25) is 0 Å². The molecule has 1 heterocycles. The van der Waals surface area contributed by atoms with E-state index in [-0.39, 0.29) is 22.9 Å². The fourth-order valence-corrected chi connectivity index (χ4v) is 3.13. The van der Waals surface area contributed by atoms with Gasteiger partial charge in [0.05, 0.1) is 5.25 Å². The predicted molar refractivity (Wildman–Crippen MR) is 86.2 cm³/mol. The van der Waals surface area contributed by atoms with Crippen molar-refractivity contribution in [1.82, 2.24) is 14.8 Å². The van der Waals surface area contributed by atoms with Crippen LogP contribution in [-0.4, -0.2) is 25.9 Å². The van der Waals surface area contributed by atoms with Crippen molar-refractivity contribution in [2.45, 2.75) is 43.1 Å². The first kappa shape index (κ1) is 14.9. The van der Waals surface area contributed by atoms with Gasteiger partial charge in [-0.2, -0.15) is 0 Å². The van der Waals surface area contributed by atoms with Crippen molar-refractivity contribution >= 4 is 23.4 Å². The Bertz CT molecular complexity index is 748. The Labute approximate surface area is 132 Å². The van der Waals surface area contributed by atoms with Crippen LogP contribution < -0.4 is 11.0 Å². The number of carbonyl (C=O) groups excluding carboxylic acids is 1. The largest absolute Gasteiger partial charge is 0.344 e. The molecule has 2 N–H and O–H groups in total. The second kappa shape index (κ2) is 6.00. The first-order valence-corrected chi connectivity index (χ1v) is 8.13. The average Bonchev–Trinajstić information content (AvgIpc) is 3.24. The van der Waals surface area contributed by atoms with Gasteiger partial charge in [-0.25, -0.2) is 9.89 Å². The van der Waals surface area contributed by atoms with Crippen molar-refractivity contribution in [3.8, 4) is 0 Å². The van der Waals surface area contributed by atoms with Gasteiger partial charge in [0.2, 0.25) is 5.91 Å². The van der Waals surface area contributed by atoms with Gasteiger partial charge in [0.1, 0.15) is 0 Å². The van der Waals surface area contributed by atoms with Crippen LogP contribution in [0.4, 0.5) is 5.69 Å². The molecule has 1 aliphatic rings. The van der Waals surface area contributed by atoms with E-state index in [0.717, 1.165) is 24.1 Å². The molecule has 22 heavy (non-hydrogen) atoms. The third kappa shape index (κ3) is 3.24. The normalized spacial score (nSPS) is 15.5. The van der Waals surface area contributed by atoms with E-state index in [1.807, 2.05) is 38.1 Å². The van der Waals surface area contributed by atoms with Gasteiger partial charge in [0.15, 0.2) is 5.16 Å². The molecular formula is C15H18N4O2S. The predicted octanol–water partition coefficient (Wildman–Crippen LogP) is 2.33. The monoisotopic (exact) mass is 318 g/mol. The molecule has 1 saturated carbocycles. The molecule has 0 saturated heterocycles. The van der Waals surface area contributed by atoms with Crippen molar-refractivity contribution < 1.29 is 4.79 Å². The van der Waals surface area contributed by atoms with Crippen molar-refractivity contribution in [1.29, 1.82) is 0 Å². The highest BCUT2D eigenvalue weighted by molar-refractivity contribution is 8.00. The zero-order valence-corrected chi connectivity index (χ0v) is 13.3. The summed E-state index contributed by atoms with van der Waals surface area (Å²) in [5, 5.41) is 9.63. The fraction of sp³-hybridized carbons (Fsp3) is 0.400. The van der Waals surface area contributed by atoms with E-state index in [4.69, 9.17) is 0 Å². The van der Waals surface area contributed by atoms with Gasteiger partial charge in [0.25, 0.3) is 0 Å². The summed E-state index contributed by atoms with van der Waals surface area (Å²) in [5.74, 6) is -0.103. The van der Waals surface area contributed by atoms with Crippen LogP contribution in [0.25, 0.3) is 0 Å². The van der Waals surface area contributed by atoms with Crippen LogP contribution in [-0.2, 0) is 4.79 Å². The summed E-state index contributed by atoms with van der Waals surface area (Å²) >= 11 is 1.30. The molecular weight excluding hydrogens is 300 g/mol. The molecule has 116 valence electrons. The summed E-state index contributed by atoms with van der Waals surface area (Å²) in [6, 6.07) is 7.90. The van der Waals surface area contributed by atoms with E-state index in [2.05, 4.69) is 15.5 Å². The average molecular weight is 318 g/mol. The summed E-state index contributed by atoms with van der Waals surface area (Å²) in [6.07, 6.45) is 1.99. The van der Waals surface area contributed by atoms with Crippen molar-refractivity contribution in [3.63, 3.8) is 0 Å². The van der Waals surface area contributed by atoms with Gasteiger partial charge in [-0.15, -0.1) is 5.10 Å². The molecule has 0 radical (unpaired) electrons. The molecule has 2 aromatic rings. The summed E-state index contributed by atoms with van der Waals surface area (Å²) < 4.78 is 1.65. The standard InChI is InChI=1S/C15H18N4O2S/c1-9-4-3-5-11(8-9)16-13(20)10(2)22-15-18-17-14(21)19(15)12-6-7-12/h3-5,8,10,12H,6-7H2,1-2H3,(H,16,20)(H,17,21). The minimum atomic E-state index is -0.340. The van der Waals surface area contributed by atoms with E-state index in [1.165, 1.54) is 11.8 Å². The zero-order valence-electron chi connectivity index (χ0n) is 12.5. The molecule has 0 aliphatic heterocycles. The van der Waals surface area contributed by atoms with Crippen LogP contribution in [0, 0.1) is 6.92 Å². The van der Waals surface area contributed by atoms with Crippen molar-refractivity contribution in [3.05, 3.63) is 40.3 Å². The Morgan fingerprint density at radius 2 is 2.27 bits per heavy atom. The number of carbonyl (C=O) groups is 1. The number of benzene rings is 1. The number of nitrogens with one attached hydrogen (secondary N) is 2. The highest BCUT2D eigenvalue weighted by Gasteiger charge is 2.30. The first-order valence-electron chi connectivity index (χ1n) is 7.25. The number of anilines is 1. The van der Waals surface area contributed by atoms with E-state index < -0.39 is 0 Å². The number of thioether (sulfide) groups is 1. The lowest BCUT2D eigenvalue weighted by atomic mass is 10.2. The van der Waals surface area contributed by atoms with Gasteiger partial charge in [0, 0.05) is 11.7 Å². The number of nitrogens with zero attached hydrogens (tertiary/aromatic N) is 2. The maximum atomic E-state index is 12.3. The molecule has 1 amide bonds. The second-order valence-corrected chi connectivity index (χ2v) is 6.84. The minimum absolute atomic E-state index is 0.103. The van der Waals surface area contributed by atoms with E-state index >= 15 is 0 Å². The Hall–Kier alpha value is -2.02. The molecule has 1 unspecified atom stereocenters. The summed E-state index contributed by atoms with van der Waals surface area (Å²) in [6.45, 7) is 3.79. The zero-order chi connectivity index (χ0) is 15.7. The van der Waals surface area contributed by atoms with Gasteiger partial charge in [-0.1, -0.05) is 23.9 Å². The molecule has 6 nitrogen and oxygen atoms in total. The third-order valence-corrected chi connectivity index (χ3v) is 4.59. The SMILES string of the molecule is Cc1cccc(NC(=O)C(C)Sc2n[nH]c(=O)n2C2CC2)c1. The number of H-pyrrole nitrogens is 1. The molecule has 1 atom stereocenters. The fourth-order valence-electron chi connectivity index (χ4n) is 2.21. The number of rotatable bonds is 5. The summed E-state index contributed by atoms with van der Waals surface area (Å²) in [4.78, 5) is 24.0. The van der Waals surface area contributed by atoms with Gasteiger partial charge >= 0.3 is 5.69 Å². The van der Waals surface area contributed by atoms with E-state index in [0.29, 0.717) is 5.16 Å². The lowest BCUT2D eigenvalue weighted by Crippen LogP contribution is -2.23. The number of amides is 1. The molecule has 1 fully saturated rings. The lowest BCUT2D eigenvalue weighted by Gasteiger charge is -2.12. The molecule has 1 aliphatic carbocycles. The number of aromatic amines is 1. The van der Waals surface area contributed by atoms with Crippen LogP contribution >= 0.6 is 11.8 Å². The Morgan fingerprint density at radius 3 is 2.95 bits per heavy atom. The third-order valence-electron chi connectivity index (χ3n) is 3.52. The molecule has 0 spiro atoms. The van der Waals surface area contributed by atoms with Crippen LogP contribution in [0.1, 0.15) is 31.4 Å². The Morgan fingerprint density at radius 1 is 1.50 bits per heavy atom. The van der Waals surface area contributed by atoms with Gasteiger partial charge in [-0.05, 0) is 44.4 Å². The quantitative estimate of drug-likeness (QED) is 0.829. The molecule has 1 aromatic carbocycles. The Kier molecular flexibility index (Phi) is 4.06. The second-order valence-electron chi connectivity index (χ2n) is 5.53. The summed E-state index contributed by atoms with van der Waals surface area (Å²) in [5.41, 5.74) is 1.67. The minimum Gasteiger partial charge on any atom is -0.325 e. The van der Waals surface area contributed by atoms with E-state index in [9.17, 15) is 9.59 Å². The molecule has 3 rings (SSSR count). The highest BCUT2D eigenvalue weighted by Crippen LogP contribution is 2.36. The van der Waals surface area contributed by atoms with Crippen LogP contribution in [0.15, 0.2) is 34.2 Å². The van der Waals surface area contributed by atoms with Crippen LogP contribution in [0.5, 0.6) is 0 Å². The topological polar surface area (TPSA) is 79.8 Å². The molecule has 7 heteroatoms. The summed E-state index contributed by atoms with van der Waals surface area (Å²) in [7, 11) is 0. The van der Waals surface area contributed by atoms with Crippen molar-refractivity contribution in [2.24, 2.45) is 0 Å². The number of aryl methyl sites for hydroxylation is 1. The molecule has 0 bridgehead atoms. The number of aromatic nitrogens is 3. The maximum absolute atomic E-state index is 12.3. The van der Waals surface area contributed by atoms with E-state index in [1.54, 1.807) is 4.57 Å². The maximum Gasteiger partial charge on any atom is 0.344 e. The molecule has 1 aromatic heterocycles. The van der Waals surface area contributed by atoms with Gasteiger partial charge in [-0.3, -0.25) is 9.36 Å². The first-order chi connectivity index (χ1) is 10.5. The number of hydrogen-bond donors (Lipinski definition) is 2.